The van der Waals surface area contributed by atoms with Gasteiger partial charge in [-0.2, -0.15) is 0 Å². The van der Waals surface area contributed by atoms with Gasteiger partial charge in [-0.3, -0.25) is 4.79 Å². The fourth-order valence-electron chi connectivity index (χ4n) is 2.20. The second kappa shape index (κ2) is 8.07. The average Bonchev–Trinajstić information content (AvgIpc) is 2.33. The standard InChI is InChI=1S/C14H22O3/c15-11-13-9-6-5-8-12(13)7-3-1-2-4-10-14(16)17/h1,3,5-6,12-13,15H,2,4,7-11H2,(H,16,17)/b3-1-/t12-,13-/m0/s1. The third kappa shape index (κ3) is 5.68. The van der Waals surface area contributed by atoms with Crippen molar-refractivity contribution in [1.29, 1.82) is 0 Å². The van der Waals surface area contributed by atoms with Gasteiger partial charge in [-0.15, -0.1) is 0 Å². The molecule has 2 atom stereocenters. The minimum Gasteiger partial charge on any atom is -0.481 e. The van der Waals surface area contributed by atoms with Crippen LogP contribution in [0.4, 0.5) is 0 Å². The third-order valence-electron chi connectivity index (χ3n) is 3.31. The van der Waals surface area contributed by atoms with Gasteiger partial charge in [-0.25, -0.2) is 0 Å². The lowest BCUT2D eigenvalue weighted by atomic mass is 9.81. The molecular weight excluding hydrogens is 216 g/mol. The lowest BCUT2D eigenvalue weighted by Crippen LogP contribution is -2.19. The molecule has 96 valence electrons. The molecule has 0 aromatic rings. The van der Waals surface area contributed by atoms with E-state index in [-0.39, 0.29) is 13.0 Å². The molecule has 0 fully saturated rings. The molecule has 0 bridgehead atoms. The fourth-order valence-corrected chi connectivity index (χ4v) is 2.20. The van der Waals surface area contributed by atoms with Crippen LogP contribution in [-0.4, -0.2) is 22.8 Å². The summed E-state index contributed by atoms with van der Waals surface area (Å²) >= 11 is 0. The highest BCUT2D eigenvalue weighted by molar-refractivity contribution is 5.66. The van der Waals surface area contributed by atoms with Crippen LogP contribution in [0.1, 0.15) is 38.5 Å². The number of hydrogen-bond donors (Lipinski definition) is 2. The zero-order chi connectivity index (χ0) is 12.5. The van der Waals surface area contributed by atoms with Gasteiger partial charge >= 0.3 is 5.97 Å². The maximum Gasteiger partial charge on any atom is 0.303 e. The predicted molar refractivity (Wildman–Crippen MR) is 67.7 cm³/mol. The Morgan fingerprint density at radius 1 is 1.24 bits per heavy atom. The highest BCUT2D eigenvalue weighted by Crippen LogP contribution is 2.28. The molecule has 0 aliphatic heterocycles. The number of allylic oxidation sites excluding steroid dienone is 4. The van der Waals surface area contributed by atoms with Crippen LogP contribution in [0.15, 0.2) is 24.3 Å². The van der Waals surface area contributed by atoms with Crippen LogP contribution in [-0.2, 0) is 4.79 Å². The lowest BCUT2D eigenvalue weighted by molar-refractivity contribution is -0.137. The highest BCUT2D eigenvalue weighted by Gasteiger charge is 2.19. The van der Waals surface area contributed by atoms with Crippen LogP contribution in [0, 0.1) is 11.8 Å². The van der Waals surface area contributed by atoms with Gasteiger partial charge in [0.2, 0.25) is 0 Å². The number of carboxylic acid groups (broad SMARTS) is 1. The zero-order valence-electron chi connectivity index (χ0n) is 10.2. The fraction of sp³-hybridized carbons (Fsp3) is 0.643. The van der Waals surface area contributed by atoms with E-state index in [2.05, 4.69) is 24.3 Å². The Morgan fingerprint density at radius 2 is 1.94 bits per heavy atom. The van der Waals surface area contributed by atoms with Gasteiger partial charge in [-0.1, -0.05) is 24.3 Å². The van der Waals surface area contributed by atoms with E-state index in [1.165, 1.54) is 0 Å². The van der Waals surface area contributed by atoms with Crippen molar-refractivity contribution in [2.75, 3.05) is 6.61 Å². The van der Waals surface area contributed by atoms with Crippen molar-refractivity contribution < 1.29 is 15.0 Å². The van der Waals surface area contributed by atoms with E-state index in [4.69, 9.17) is 5.11 Å². The normalized spacial score (nSPS) is 24.3. The third-order valence-corrected chi connectivity index (χ3v) is 3.31. The first-order valence-electron chi connectivity index (χ1n) is 6.36. The Labute approximate surface area is 103 Å². The van der Waals surface area contributed by atoms with Crippen molar-refractivity contribution in [2.45, 2.75) is 38.5 Å². The molecule has 2 N–H and O–H groups in total. The second-order valence-electron chi connectivity index (χ2n) is 4.64. The van der Waals surface area contributed by atoms with E-state index in [1.807, 2.05) is 0 Å². The number of aliphatic hydroxyl groups is 1. The lowest BCUT2D eigenvalue weighted by Gasteiger charge is -2.25. The molecule has 1 aliphatic carbocycles. The van der Waals surface area contributed by atoms with Gasteiger partial charge in [0, 0.05) is 13.0 Å². The van der Waals surface area contributed by atoms with Gasteiger partial charge in [0.15, 0.2) is 0 Å². The minimum atomic E-state index is -0.726. The summed E-state index contributed by atoms with van der Waals surface area (Å²) in [5.74, 6) is 0.209. The summed E-state index contributed by atoms with van der Waals surface area (Å²) in [7, 11) is 0. The van der Waals surface area contributed by atoms with Gasteiger partial charge < -0.3 is 10.2 Å². The smallest absolute Gasteiger partial charge is 0.303 e. The Balaban J connectivity index is 2.18. The van der Waals surface area contributed by atoms with Crippen LogP contribution in [0.5, 0.6) is 0 Å². The molecule has 0 aromatic carbocycles. The Morgan fingerprint density at radius 3 is 2.59 bits per heavy atom. The molecule has 1 aliphatic rings. The molecule has 0 spiro atoms. The largest absolute Gasteiger partial charge is 0.481 e. The van der Waals surface area contributed by atoms with Crippen LogP contribution >= 0.6 is 0 Å². The topological polar surface area (TPSA) is 57.5 Å². The van der Waals surface area contributed by atoms with Crippen molar-refractivity contribution >= 4 is 5.97 Å². The number of aliphatic carboxylic acids is 1. The first-order valence-corrected chi connectivity index (χ1v) is 6.36. The number of carboxylic acids is 1. The van der Waals surface area contributed by atoms with E-state index < -0.39 is 5.97 Å². The second-order valence-corrected chi connectivity index (χ2v) is 4.64. The number of aliphatic hydroxyl groups excluding tert-OH is 1. The predicted octanol–water partition coefficient (Wildman–Crippen LogP) is 2.76. The first kappa shape index (κ1) is 14.0. The van der Waals surface area contributed by atoms with Gasteiger partial charge in [-0.05, 0) is 43.9 Å². The molecule has 0 heterocycles. The van der Waals surface area contributed by atoms with Crippen molar-refractivity contribution in [3.63, 3.8) is 0 Å². The summed E-state index contributed by atoms with van der Waals surface area (Å²) in [6.45, 7) is 0.266. The molecule has 3 nitrogen and oxygen atoms in total. The van der Waals surface area contributed by atoms with Crippen molar-refractivity contribution in [3.8, 4) is 0 Å². The van der Waals surface area contributed by atoms with Crippen LogP contribution < -0.4 is 0 Å². The van der Waals surface area contributed by atoms with Gasteiger partial charge in [0.1, 0.15) is 0 Å². The first-order chi connectivity index (χ1) is 8.24. The molecule has 1 rings (SSSR count). The molecule has 0 radical (unpaired) electrons. The summed E-state index contributed by atoms with van der Waals surface area (Å²) in [5.41, 5.74) is 0. The Kier molecular flexibility index (Phi) is 6.63. The summed E-state index contributed by atoms with van der Waals surface area (Å²) in [6, 6.07) is 0. The summed E-state index contributed by atoms with van der Waals surface area (Å²) < 4.78 is 0. The van der Waals surface area contributed by atoms with Crippen LogP contribution in [0.25, 0.3) is 0 Å². The summed E-state index contributed by atoms with van der Waals surface area (Å²) in [4.78, 5) is 10.3. The van der Waals surface area contributed by atoms with Crippen LogP contribution in [0.3, 0.4) is 0 Å². The number of hydrogen-bond acceptors (Lipinski definition) is 2. The van der Waals surface area contributed by atoms with E-state index in [1.54, 1.807) is 0 Å². The number of unbranched alkanes of at least 4 members (excludes halogenated alkanes) is 1. The molecule has 0 saturated carbocycles. The van der Waals surface area contributed by atoms with Gasteiger partial charge in [0.25, 0.3) is 0 Å². The SMILES string of the molecule is O=C(O)CCC/C=C\C[C@H]1CC=CC[C@H]1CO. The Hall–Kier alpha value is -1.09. The maximum absolute atomic E-state index is 10.3. The van der Waals surface area contributed by atoms with Crippen molar-refractivity contribution in [3.05, 3.63) is 24.3 Å². The molecular formula is C14H22O3. The van der Waals surface area contributed by atoms with Crippen molar-refractivity contribution in [1.82, 2.24) is 0 Å². The maximum atomic E-state index is 10.3. The minimum absolute atomic E-state index is 0.246. The van der Waals surface area contributed by atoms with Crippen molar-refractivity contribution in [2.24, 2.45) is 11.8 Å². The molecule has 3 heteroatoms. The quantitative estimate of drug-likeness (QED) is 0.529. The van der Waals surface area contributed by atoms with Crippen LogP contribution in [0.2, 0.25) is 0 Å². The van der Waals surface area contributed by atoms with Gasteiger partial charge in [0.05, 0.1) is 0 Å². The monoisotopic (exact) mass is 238 g/mol. The number of rotatable bonds is 7. The zero-order valence-corrected chi connectivity index (χ0v) is 10.2. The molecule has 0 aromatic heterocycles. The summed E-state index contributed by atoms with van der Waals surface area (Å²) in [6.07, 6.45) is 13.3. The number of carbonyl (C=O) groups is 1. The van der Waals surface area contributed by atoms with E-state index in [0.29, 0.717) is 18.3 Å². The van der Waals surface area contributed by atoms with E-state index in [0.717, 1.165) is 25.7 Å². The molecule has 0 unspecified atom stereocenters. The van der Waals surface area contributed by atoms with E-state index >= 15 is 0 Å². The molecule has 0 saturated heterocycles. The van der Waals surface area contributed by atoms with E-state index in [9.17, 15) is 9.90 Å². The average molecular weight is 238 g/mol. The molecule has 0 amide bonds. The molecule has 17 heavy (non-hydrogen) atoms. The Bertz CT molecular complexity index is 281. The highest BCUT2D eigenvalue weighted by atomic mass is 16.4. The summed E-state index contributed by atoms with van der Waals surface area (Å²) in [5, 5.41) is 17.7.